The Bertz CT molecular complexity index is 555. The number of methoxy groups -OCH3 is 1. The average Bonchev–Trinajstić information content (AvgIpc) is 2.51. The SMILES string of the molecule is COc1cccc2c1S(=O)(=O)C(C(C)O)=C2. The first kappa shape index (κ1) is 11.2. The molecule has 1 heterocycles. The van der Waals surface area contributed by atoms with Gasteiger partial charge in [-0.1, -0.05) is 12.1 Å². The van der Waals surface area contributed by atoms with Crippen LogP contribution in [0.4, 0.5) is 0 Å². The van der Waals surface area contributed by atoms with E-state index in [1.165, 1.54) is 20.1 Å². The van der Waals surface area contributed by atoms with Crippen molar-refractivity contribution in [2.75, 3.05) is 7.11 Å². The first-order chi connectivity index (χ1) is 7.48. The molecule has 1 aliphatic rings. The lowest BCUT2D eigenvalue weighted by Crippen LogP contribution is -2.12. The molecule has 0 bridgehead atoms. The molecule has 1 N–H and O–H groups in total. The van der Waals surface area contributed by atoms with Crippen molar-refractivity contribution in [1.29, 1.82) is 0 Å². The van der Waals surface area contributed by atoms with E-state index in [-0.39, 0.29) is 9.80 Å². The van der Waals surface area contributed by atoms with Crippen molar-refractivity contribution in [3.8, 4) is 5.75 Å². The van der Waals surface area contributed by atoms with Crippen LogP contribution in [-0.2, 0) is 9.84 Å². The van der Waals surface area contributed by atoms with E-state index in [9.17, 15) is 13.5 Å². The molecule has 1 aromatic rings. The summed E-state index contributed by atoms with van der Waals surface area (Å²) in [5.41, 5.74) is 0.565. The van der Waals surface area contributed by atoms with Gasteiger partial charge in [0.25, 0.3) is 0 Å². The van der Waals surface area contributed by atoms with Crippen LogP contribution >= 0.6 is 0 Å². The van der Waals surface area contributed by atoms with Gasteiger partial charge in [-0.25, -0.2) is 8.42 Å². The largest absolute Gasteiger partial charge is 0.495 e. The van der Waals surface area contributed by atoms with Crippen LogP contribution in [0.3, 0.4) is 0 Å². The topological polar surface area (TPSA) is 63.6 Å². The van der Waals surface area contributed by atoms with Crippen molar-refractivity contribution >= 4 is 15.9 Å². The van der Waals surface area contributed by atoms with Gasteiger partial charge in [-0.15, -0.1) is 0 Å². The zero-order valence-corrected chi connectivity index (χ0v) is 9.78. The van der Waals surface area contributed by atoms with Gasteiger partial charge in [-0.2, -0.15) is 0 Å². The normalized spacial score (nSPS) is 18.8. The van der Waals surface area contributed by atoms with Crippen molar-refractivity contribution in [2.24, 2.45) is 0 Å². The average molecular weight is 240 g/mol. The van der Waals surface area contributed by atoms with E-state index in [1.54, 1.807) is 18.2 Å². The first-order valence-corrected chi connectivity index (χ1v) is 6.28. The number of hydrogen-bond acceptors (Lipinski definition) is 4. The fourth-order valence-corrected chi connectivity index (χ4v) is 3.61. The Morgan fingerprint density at radius 2 is 2.06 bits per heavy atom. The van der Waals surface area contributed by atoms with Crippen molar-refractivity contribution in [3.63, 3.8) is 0 Å². The molecule has 0 radical (unpaired) electrons. The third-order valence-corrected chi connectivity index (χ3v) is 4.57. The molecule has 86 valence electrons. The Morgan fingerprint density at radius 1 is 1.38 bits per heavy atom. The van der Waals surface area contributed by atoms with Crippen LogP contribution in [-0.4, -0.2) is 26.7 Å². The van der Waals surface area contributed by atoms with Crippen molar-refractivity contribution in [1.82, 2.24) is 0 Å². The van der Waals surface area contributed by atoms with Crippen LogP contribution in [0.15, 0.2) is 28.0 Å². The van der Waals surface area contributed by atoms with Gasteiger partial charge >= 0.3 is 0 Å². The molecule has 16 heavy (non-hydrogen) atoms. The second-order valence-corrected chi connectivity index (χ2v) is 5.49. The predicted octanol–water partition coefficient (Wildman–Crippen LogP) is 1.20. The van der Waals surface area contributed by atoms with Gasteiger partial charge in [0, 0.05) is 0 Å². The van der Waals surface area contributed by atoms with Gasteiger partial charge in [0.2, 0.25) is 9.84 Å². The second-order valence-electron chi connectivity index (χ2n) is 3.60. The van der Waals surface area contributed by atoms with Gasteiger partial charge in [0.05, 0.1) is 18.1 Å². The summed E-state index contributed by atoms with van der Waals surface area (Å²) in [6.45, 7) is 1.43. The summed E-state index contributed by atoms with van der Waals surface area (Å²) >= 11 is 0. The van der Waals surface area contributed by atoms with E-state index in [4.69, 9.17) is 4.74 Å². The molecule has 5 heteroatoms. The number of aliphatic hydroxyl groups excluding tert-OH is 1. The highest BCUT2D eigenvalue weighted by molar-refractivity contribution is 7.96. The Hall–Kier alpha value is -1.33. The molecule has 0 saturated heterocycles. The number of hydrogen-bond donors (Lipinski definition) is 1. The van der Waals surface area contributed by atoms with E-state index in [0.717, 1.165) is 0 Å². The van der Waals surface area contributed by atoms with Gasteiger partial charge in [-0.3, -0.25) is 0 Å². The zero-order valence-electron chi connectivity index (χ0n) is 8.97. The molecule has 0 aromatic heterocycles. The molecule has 1 atom stereocenters. The highest BCUT2D eigenvalue weighted by Gasteiger charge is 2.34. The van der Waals surface area contributed by atoms with E-state index < -0.39 is 15.9 Å². The third kappa shape index (κ3) is 1.44. The fourth-order valence-electron chi connectivity index (χ4n) is 1.79. The standard InChI is InChI=1S/C11H12O4S/c1-7(12)10-6-8-4-3-5-9(15-2)11(8)16(10,13)14/h3-7,12H,1-2H3. The van der Waals surface area contributed by atoms with Crippen LogP contribution in [0.5, 0.6) is 5.75 Å². The zero-order chi connectivity index (χ0) is 11.9. The van der Waals surface area contributed by atoms with E-state index in [2.05, 4.69) is 0 Å². The predicted molar refractivity (Wildman–Crippen MR) is 59.8 cm³/mol. The molecule has 1 aliphatic heterocycles. The number of aliphatic hydroxyl groups is 1. The molecular formula is C11H12O4S. The van der Waals surface area contributed by atoms with Crippen LogP contribution in [0, 0.1) is 0 Å². The molecule has 1 unspecified atom stereocenters. The molecule has 0 amide bonds. The summed E-state index contributed by atoms with van der Waals surface area (Å²) in [6.07, 6.45) is 0.472. The van der Waals surface area contributed by atoms with Crippen molar-refractivity contribution in [2.45, 2.75) is 17.9 Å². The molecule has 1 aromatic carbocycles. The summed E-state index contributed by atoms with van der Waals surface area (Å²) in [6, 6.07) is 4.99. The summed E-state index contributed by atoms with van der Waals surface area (Å²) < 4.78 is 29.2. The maximum Gasteiger partial charge on any atom is 0.209 e. The lowest BCUT2D eigenvalue weighted by atomic mass is 10.2. The van der Waals surface area contributed by atoms with Gasteiger partial charge in [0.15, 0.2) is 0 Å². The summed E-state index contributed by atoms with van der Waals surface area (Å²) in [5, 5.41) is 9.44. The van der Waals surface area contributed by atoms with Crippen LogP contribution < -0.4 is 4.74 Å². The minimum absolute atomic E-state index is 0.0204. The van der Waals surface area contributed by atoms with Gasteiger partial charge < -0.3 is 9.84 Å². The highest BCUT2D eigenvalue weighted by Crippen LogP contribution is 2.39. The molecule has 2 rings (SSSR count). The Balaban J connectivity index is 2.71. The van der Waals surface area contributed by atoms with E-state index >= 15 is 0 Å². The third-order valence-electron chi connectivity index (χ3n) is 2.52. The number of fused-ring (bicyclic) bond motifs is 1. The smallest absolute Gasteiger partial charge is 0.209 e. The van der Waals surface area contributed by atoms with Gasteiger partial charge in [-0.05, 0) is 24.6 Å². The monoisotopic (exact) mass is 240 g/mol. The lowest BCUT2D eigenvalue weighted by molar-refractivity contribution is 0.240. The van der Waals surface area contributed by atoms with E-state index in [1.807, 2.05) is 0 Å². The van der Waals surface area contributed by atoms with Gasteiger partial charge in [0.1, 0.15) is 10.6 Å². The van der Waals surface area contributed by atoms with Crippen molar-refractivity contribution in [3.05, 3.63) is 28.7 Å². The van der Waals surface area contributed by atoms with E-state index in [0.29, 0.717) is 11.3 Å². The summed E-state index contributed by atoms with van der Waals surface area (Å²) in [7, 11) is -2.18. The minimum atomic E-state index is -3.60. The molecule has 0 aliphatic carbocycles. The molecule has 0 fully saturated rings. The number of ether oxygens (including phenoxy) is 1. The lowest BCUT2D eigenvalue weighted by Gasteiger charge is -2.09. The van der Waals surface area contributed by atoms with Crippen LogP contribution in [0.25, 0.3) is 6.08 Å². The number of rotatable bonds is 2. The second kappa shape index (κ2) is 3.61. The summed E-state index contributed by atoms with van der Waals surface area (Å²) in [4.78, 5) is 0.167. The number of sulfone groups is 1. The van der Waals surface area contributed by atoms with Crippen LogP contribution in [0.1, 0.15) is 12.5 Å². The molecule has 0 saturated carbocycles. The number of benzene rings is 1. The Morgan fingerprint density at radius 3 is 2.62 bits per heavy atom. The Labute approximate surface area is 94.1 Å². The highest BCUT2D eigenvalue weighted by atomic mass is 32.2. The quantitative estimate of drug-likeness (QED) is 0.843. The fraction of sp³-hybridized carbons (Fsp3) is 0.273. The maximum absolute atomic E-state index is 12.1. The molecular weight excluding hydrogens is 228 g/mol. The van der Waals surface area contributed by atoms with Crippen LogP contribution in [0.2, 0.25) is 0 Å². The van der Waals surface area contributed by atoms with Crippen molar-refractivity contribution < 1.29 is 18.3 Å². The molecule has 4 nitrogen and oxygen atoms in total. The minimum Gasteiger partial charge on any atom is -0.495 e. The summed E-state index contributed by atoms with van der Waals surface area (Å²) in [5.74, 6) is 0.310. The maximum atomic E-state index is 12.1. The molecule has 0 spiro atoms. The first-order valence-electron chi connectivity index (χ1n) is 4.80. The Kier molecular flexibility index (Phi) is 2.52.